The highest BCUT2D eigenvalue weighted by Crippen LogP contribution is 2.16. The SMILES string of the molecule is O=C(O)Cc1ccccc1CNS(=O)(=O)C1CCOCC1. The molecule has 6 nitrogen and oxygen atoms in total. The molecule has 116 valence electrons. The quantitative estimate of drug-likeness (QED) is 0.814. The standard InChI is InChI=1S/C14H19NO5S/c16-14(17)9-11-3-1-2-4-12(11)10-15-21(18,19)13-5-7-20-8-6-13/h1-4,13,15H,5-10H2,(H,16,17). The van der Waals surface area contributed by atoms with Crippen LogP contribution >= 0.6 is 0 Å². The molecule has 1 fully saturated rings. The Balaban J connectivity index is 2.03. The van der Waals surface area contributed by atoms with Crippen molar-refractivity contribution in [3.63, 3.8) is 0 Å². The number of hydrogen-bond acceptors (Lipinski definition) is 4. The van der Waals surface area contributed by atoms with Crippen LogP contribution in [-0.4, -0.2) is 38.0 Å². The van der Waals surface area contributed by atoms with Gasteiger partial charge in [0.05, 0.1) is 11.7 Å². The monoisotopic (exact) mass is 313 g/mol. The van der Waals surface area contributed by atoms with Crippen LogP contribution in [-0.2, 0) is 32.5 Å². The molecule has 0 spiro atoms. The number of sulfonamides is 1. The maximum atomic E-state index is 12.2. The molecule has 2 N–H and O–H groups in total. The van der Waals surface area contributed by atoms with Gasteiger partial charge in [0, 0.05) is 19.8 Å². The van der Waals surface area contributed by atoms with Gasteiger partial charge in [0.1, 0.15) is 0 Å². The van der Waals surface area contributed by atoms with Crippen LogP contribution in [0.3, 0.4) is 0 Å². The molecule has 1 aliphatic rings. The van der Waals surface area contributed by atoms with Crippen LogP contribution in [0.4, 0.5) is 0 Å². The molecular weight excluding hydrogens is 294 g/mol. The predicted octanol–water partition coefficient (Wildman–Crippen LogP) is 0.912. The van der Waals surface area contributed by atoms with Crippen LogP contribution in [0.1, 0.15) is 24.0 Å². The first-order valence-corrected chi connectivity index (χ1v) is 8.38. The Labute approximate surface area is 124 Å². The molecule has 0 bridgehead atoms. The fourth-order valence-corrected chi connectivity index (χ4v) is 3.75. The number of aliphatic carboxylic acids is 1. The van der Waals surface area contributed by atoms with Gasteiger partial charge in [-0.25, -0.2) is 13.1 Å². The van der Waals surface area contributed by atoms with E-state index in [1.54, 1.807) is 24.3 Å². The first-order chi connectivity index (χ1) is 9.99. The van der Waals surface area contributed by atoms with Crippen molar-refractivity contribution >= 4 is 16.0 Å². The topological polar surface area (TPSA) is 92.7 Å². The molecule has 0 atom stereocenters. The fraction of sp³-hybridized carbons (Fsp3) is 0.500. The van der Waals surface area contributed by atoms with Crippen molar-refractivity contribution in [3.05, 3.63) is 35.4 Å². The summed E-state index contributed by atoms with van der Waals surface area (Å²) in [4.78, 5) is 10.8. The Hall–Kier alpha value is -1.44. The zero-order chi connectivity index (χ0) is 15.3. The third-order valence-electron chi connectivity index (χ3n) is 3.53. The van der Waals surface area contributed by atoms with Gasteiger partial charge in [0.25, 0.3) is 0 Å². The second kappa shape index (κ2) is 7.02. The van der Waals surface area contributed by atoms with E-state index >= 15 is 0 Å². The number of hydrogen-bond donors (Lipinski definition) is 2. The van der Waals surface area contributed by atoms with Crippen molar-refractivity contribution in [2.24, 2.45) is 0 Å². The van der Waals surface area contributed by atoms with Crippen LogP contribution in [0.25, 0.3) is 0 Å². The lowest BCUT2D eigenvalue weighted by Crippen LogP contribution is -2.37. The Kier molecular flexibility index (Phi) is 5.33. The molecule has 1 heterocycles. The highest BCUT2D eigenvalue weighted by atomic mass is 32.2. The molecule has 0 aromatic heterocycles. The maximum absolute atomic E-state index is 12.2. The molecule has 0 aliphatic carbocycles. The Morgan fingerprint density at radius 3 is 2.48 bits per heavy atom. The van der Waals surface area contributed by atoms with Gasteiger partial charge in [0.15, 0.2) is 0 Å². The Morgan fingerprint density at radius 1 is 1.24 bits per heavy atom. The van der Waals surface area contributed by atoms with E-state index in [0.717, 1.165) is 0 Å². The highest BCUT2D eigenvalue weighted by molar-refractivity contribution is 7.90. The molecule has 1 aliphatic heterocycles. The zero-order valence-electron chi connectivity index (χ0n) is 11.6. The van der Waals surface area contributed by atoms with Gasteiger partial charge >= 0.3 is 5.97 Å². The van der Waals surface area contributed by atoms with E-state index in [1.165, 1.54) is 0 Å². The number of carbonyl (C=O) groups is 1. The third kappa shape index (κ3) is 4.52. The lowest BCUT2D eigenvalue weighted by atomic mass is 10.1. The summed E-state index contributed by atoms with van der Waals surface area (Å²) in [5.74, 6) is -0.935. The van der Waals surface area contributed by atoms with Gasteiger partial charge in [0.2, 0.25) is 10.0 Å². The van der Waals surface area contributed by atoms with E-state index in [0.29, 0.717) is 37.2 Å². The molecule has 1 aromatic rings. The summed E-state index contributed by atoms with van der Waals surface area (Å²) < 4.78 is 32.2. The minimum atomic E-state index is -3.40. The summed E-state index contributed by atoms with van der Waals surface area (Å²) in [5, 5.41) is 8.44. The summed E-state index contributed by atoms with van der Waals surface area (Å²) in [7, 11) is -3.40. The van der Waals surface area contributed by atoms with Gasteiger partial charge in [-0.1, -0.05) is 24.3 Å². The van der Waals surface area contributed by atoms with Gasteiger partial charge in [-0.05, 0) is 24.0 Å². The minimum absolute atomic E-state index is 0.114. The molecule has 0 amide bonds. The third-order valence-corrected chi connectivity index (χ3v) is 5.43. The molecule has 0 unspecified atom stereocenters. The summed E-state index contributed by atoms with van der Waals surface area (Å²) in [5.41, 5.74) is 1.32. The lowest BCUT2D eigenvalue weighted by Gasteiger charge is -2.22. The van der Waals surface area contributed by atoms with Crippen molar-refractivity contribution < 1.29 is 23.1 Å². The van der Waals surface area contributed by atoms with Crippen LogP contribution in [0.5, 0.6) is 0 Å². The van der Waals surface area contributed by atoms with E-state index in [2.05, 4.69) is 4.72 Å². The molecule has 7 heteroatoms. The second-order valence-electron chi connectivity index (χ2n) is 5.02. The highest BCUT2D eigenvalue weighted by Gasteiger charge is 2.27. The van der Waals surface area contributed by atoms with Gasteiger partial charge in [-0.15, -0.1) is 0 Å². The fourth-order valence-electron chi connectivity index (χ4n) is 2.35. The molecule has 0 radical (unpaired) electrons. The van der Waals surface area contributed by atoms with Crippen molar-refractivity contribution in [2.75, 3.05) is 13.2 Å². The zero-order valence-corrected chi connectivity index (χ0v) is 12.4. The largest absolute Gasteiger partial charge is 0.481 e. The summed E-state index contributed by atoms with van der Waals surface area (Å²) in [6, 6.07) is 6.95. The van der Waals surface area contributed by atoms with Crippen LogP contribution in [0.2, 0.25) is 0 Å². The Bertz CT molecular complexity index is 593. The van der Waals surface area contributed by atoms with E-state index in [1.807, 2.05) is 0 Å². The van der Waals surface area contributed by atoms with E-state index in [-0.39, 0.29) is 13.0 Å². The normalized spacial score (nSPS) is 16.8. The van der Waals surface area contributed by atoms with Crippen molar-refractivity contribution in [2.45, 2.75) is 31.1 Å². The molecule has 1 aromatic carbocycles. The Morgan fingerprint density at radius 2 is 1.86 bits per heavy atom. The van der Waals surface area contributed by atoms with E-state index < -0.39 is 21.2 Å². The molecule has 1 saturated heterocycles. The number of carboxylic acids is 1. The minimum Gasteiger partial charge on any atom is -0.481 e. The van der Waals surface area contributed by atoms with Crippen molar-refractivity contribution in [1.29, 1.82) is 0 Å². The van der Waals surface area contributed by atoms with Crippen LogP contribution in [0.15, 0.2) is 24.3 Å². The molecular formula is C14H19NO5S. The number of nitrogens with one attached hydrogen (secondary N) is 1. The van der Waals surface area contributed by atoms with Crippen molar-refractivity contribution in [1.82, 2.24) is 4.72 Å². The maximum Gasteiger partial charge on any atom is 0.307 e. The molecule has 21 heavy (non-hydrogen) atoms. The number of ether oxygens (including phenoxy) is 1. The number of rotatable bonds is 6. The average molecular weight is 313 g/mol. The second-order valence-corrected chi connectivity index (χ2v) is 7.06. The predicted molar refractivity (Wildman–Crippen MR) is 77.4 cm³/mol. The van der Waals surface area contributed by atoms with Gasteiger partial charge < -0.3 is 9.84 Å². The first kappa shape index (κ1) is 15.9. The van der Waals surface area contributed by atoms with Crippen LogP contribution in [0, 0.1) is 0 Å². The summed E-state index contributed by atoms with van der Waals surface area (Å²) in [6.07, 6.45) is 0.868. The molecule has 0 saturated carbocycles. The average Bonchev–Trinajstić information content (AvgIpc) is 2.47. The summed E-state index contributed by atoms with van der Waals surface area (Å²) >= 11 is 0. The first-order valence-electron chi connectivity index (χ1n) is 6.84. The summed E-state index contributed by atoms with van der Waals surface area (Å²) in [6.45, 7) is 1.03. The van der Waals surface area contributed by atoms with Gasteiger partial charge in [-0.3, -0.25) is 4.79 Å². The van der Waals surface area contributed by atoms with E-state index in [9.17, 15) is 13.2 Å². The molecule has 2 rings (SSSR count). The van der Waals surface area contributed by atoms with Crippen molar-refractivity contribution in [3.8, 4) is 0 Å². The van der Waals surface area contributed by atoms with E-state index in [4.69, 9.17) is 9.84 Å². The lowest BCUT2D eigenvalue weighted by molar-refractivity contribution is -0.136. The number of carboxylic acid groups (broad SMARTS) is 1. The smallest absolute Gasteiger partial charge is 0.307 e. The van der Waals surface area contributed by atoms with Crippen LogP contribution < -0.4 is 4.72 Å². The number of benzene rings is 1. The van der Waals surface area contributed by atoms with Gasteiger partial charge in [-0.2, -0.15) is 0 Å².